The van der Waals surface area contributed by atoms with Gasteiger partial charge in [-0.2, -0.15) is 5.10 Å². The molecule has 8 heteroatoms. The minimum atomic E-state index is -0.318. The minimum Gasteiger partial charge on any atom is -0.489 e. The number of aromatic nitrogens is 2. The van der Waals surface area contributed by atoms with Gasteiger partial charge >= 0.3 is 6.03 Å². The van der Waals surface area contributed by atoms with Crippen LogP contribution in [0.5, 0.6) is 11.5 Å². The predicted molar refractivity (Wildman–Crippen MR) is 90.9 cm³/mol. The molecule has 0 saturated heterocycles. The molecular weight excluding hydrogens is 332 g/mol. The zero-order valence-electron chi connectivity index (χ0n) is 13.6. The number of fused-ring (bicyclic) bond motifs is 1. The van der Waals surface area contributed by atoms with Crippen molar-refractivity contribution < 1.29 is 14.3 Å². The number of rotatable bonds is 3. The molecule has 128 valence electrons. The molecule has 2 N–H and O–H groups in total. The topological polar surface area (TPSA) is 77.4 Å². The normalized spacial score (nSPS) is 13.3. The molecule has 0 aliphatic carbocycles. The van der Waals surface area contributed by atoms with E-state index in [4.69, 9.17) is 21.1 Å². The number of nitrogens with zero attached hydrogens (tertiary/aromatic N) is 2. The summed E-state index contributed by atoms with van der Waals surface area (Å²) in [6, 6.07) is 5.08. The molecule has 2 aromatic rings. The minimum absolute atomic E-state index is 0.318. The zero-order chi connectivity index (χ0) is 17.1. The maximum absolute atomic E-state index is 12.0. The fourth-order valence-corrected chi connectivity index (χ4v) is 2.74. The van der Waals surface area contributed by atoms with Crippen LogP contribution in [-0.4, -0.2) is 29.0 Å². The highest BCUT2D eigenvalue weighted by Crippen LogP contribution is 2.37. The lowest BCUT2D eigenvalue weighted by molar-refractivity contribution is 0.251. The number of anilines is 1. The number of amides is 2. The van der Waals surface area contributed by atoms with Crippen molar-refractivity contribution in [3.8, 4) is 11.5 Å². The van der Waals surface area contributed by atoms with Gasteiger partial charge in [0.25, 0.3) is 0 Å². The third kappa shape index (κ3) is 3.73. The van der Waals surface area contributed by atoms with Crippen LogP contribution in [0.2, 0.25) is 5.02 Å². The van der Waals surface area contributed by atoms with Crippen LogP contribution in [-0.2, 0) is 13.6 Å². The SMILES string of the molecule is Cc1cc(NC(=O)NCc2cc(Cl)c3c(c2)OCCCO3)n(C)n1. The summed E-state index contributed by atoms with van der Waals surface area (Å²) in [5.74, 6) is 1.80. The molecule has 0 radical (unpaired) electrons. The zero-order valence-corrected chi connectivity index (χ0v) is 14.3. The molecule has 24 heavy (non-hydrogen) atoms. The Bertz CT molecular complexity index is 760. The van der Waals surface area contributed by atoms with Gasteiger partial charge in [-0.15, -0.1) is 0 Å². The van der Waals surface area contributed by atoms with Crippen molar-refractivity contribution in [2.75, 3.05) is 18.5 Å². The lowest BCUT2D eigenvalue weighted by Crippen LogP contribution is -2.29. The summed E-state index contributed by atoms with van der Waals surface area (Å²) >= 11 is 6.24. The monoisotopic (exact) mass is 350 g/mol. The van der Waals surface area contributed by atoms with Gasteiger partial charge in [0, 0.05) is 26.1 Å². The van der Waals surface area contributed by atoms with Crippen LogP contribution in [0.25, 0.3) is 0 Å². The quantitative estimate of drug-likeness (QED) is 0.892. The molecule has 2 amide bonds. The first kappa shape index (κ1) is 16.4. The molecule has 0 atom stereocenters. The summed E-state index contributed by atoms with van der Waals surface area (Å²) in [6.45, 7) is 3.35. The van der Waals surface area contributed by atoms with Crippen LogP contribution in [0, 0.1) is 6.92 Å². The van der Waals surface area contributed by atoms with Crippen LogP contribution >= 0.6 is 11.6 Å². The predicted octanol–water partition coefficient (Wildman–Crippen LogP) is 2.86. The number of carbonyl (C=O) groups is 1. The van der Waals surface area contributed by atoms with Crippen molar-refractivity contribution in [1.82, 2.24) is 15.1 Å². The van der Waals surface area contributed by atoms with Crippen molar-refractivity contribution in [2.45, 2.75) is 19.9 Å². The Morgan fingerprint density at radius 3 is 2.88 bits per heavy atom. The van der Waals surface area contributed by atoms with E-state index in [0.29, 0.717) is 42.1 Å². The molecule has 0 spiro atoms. The van der Waals surface area contributed by atoms with Gasteiger partial charge in [0.15, 0.2) is 11.5 Å². The van der Waals surface area contributed by atoms with Crippen LogP contribution in [0.1, 0.15) is 17.7 Å². The Labute approximate surface area is 144 Å². The summed E-state index contributed by atoms with van der Waals surface area (Å²) in [4.78, 5) is 12.0. The van der Waals surface area contributed by atoms with Crippen molar-refractivity contribution in [2.24, 2.45) is 7.05 Å². The van der Waals surface area contributed by atoms with Crippen molar-refractivity contribution in [1.29, 1.82) is 0 Å². The molecule has 1 aromatic heterocycles. The van der Waals surface area contributed by atoms with Gasteiger partial charge in [0.05, 0.1) is 23.9 Å². The van der Waals surface area contributed by atoms with Gasteiger partial charge < -0.3 is 14.8 Å². The molecule has 0 saturated carbocycles. The number of nitrogens with one attached hydrogen (secondary N) is 2. The van der Waals surface area contributed by atoms with Crippen LogP contribution < -0.4 is 20.1 Å². The second-order valence-electron chi connectivity index (χ2n) is 5.56. The summed E-state index contributed by atoms with van der Waals surface area (Å²) in [6.07, 6.45) is 0.811. The molecule has 7 nitrogen and oxygen atoms in total. The number of halogens is 1. The van der Waals surface area contributed by atoms with Gasteiger partial charge in [-0.05, 0) is 24.6 Å². The molecule has 0 bridgehead atoms. The highest BCUT2D eigenvalue weighted by atomic mass is 35.5. The Morgan fingerprint density at radius 2 is 2.12 bits per heavy atom. The van der Waals surface area contributed by atoms with Crippen LogP contribution in [0.15, 0.2) is 18.2 Å². The van der Waals surface area contributed by atoms with E-state index in [-0.39, 0.29) is 6.03 Å². The van der Waals surface area contributed by atoms with E-state index < -0.39 is 0 Å². The Hall–Kier alpha value is -2.41. The van der Waals surface area contributed by atoms with E-state index in [2.05, 4.69) is 15.7 Å². The van der Waals surface area contributed by atoms with Crippen molar-refractivity contribution in [3.63, 3.8) is 0 Å². The van der Waals surface area contributed by atoms with E-state index in [1.54, 1.807) is 23.9 Å². The highest BCUT2D eigenvalue weighted by Gasteiger charge is 2.16. The van der Waals surface area contributed by atoms with Gasteiger partial charge in [-0.1, -0.05) is 11.6 Å². The summed E-state index contributed by atoms with van der Waals surface area (Å²) in [5, 5.41) is 10.2. The highest BCUT2D eigenvalue weighted by molar-refractivity contribution is 6.32. The van der Waals surface area contributed by atoms with E-state index in [1.807, 2.05) is 13.0 Å². The van der Waals surface area contributed by atoms with Gasteiger partial charge in [0.2, 0.25) is 0 Å². The summed E-state index contributed by atoms with van der Waals surface area (Å²) in [5.41, 5.74) is 1.67. The standard InChI is InChI=1S/C16H19ClN4O3/c1-10-6-14(21(2)20-10)19-16(22)18-9-11-7-12(17)15-13(8-11)23-4-3-5-24-15/h6-8H,3-5,9H2,1-2H3,(H2,18,19,22). The molecule has 1 aliphatic heterocycles. The fraction of sp³-hybridized carbons (Fsp3) is 0.375. The molecule has 1 aliphatic rings. The van der Waals surface area contributed by atoms with Crippen molar-refractivity contribution >= 4 is 23.4 Å². The molecule has 3 rings (SSSR count). The van der Waals surface area contributed by atoms with E-state index >= 15 is 0 Å². The number of aryl methyl sites for hydroxylation is 2. The third-order valence-corrected chi connectivity index (χ3v) is 3.84. The maximum Gasteiger partial charge on any atom is 0.320 e. The average Bonchev–Trinajstić information content (AvgIpc) is 2.74. The largest absolute Gasteiger partial charge is 0.489 e. The number of hydrogen-bond acceptors (Lipinski definition) is 4. The molecule has 2 heterocycles. The second kappa shape index (κ2) is 7.00. The smallest absolute Gasteiger partial charge is 0.320 e. The molecule has 0 unspecified atom stereocenters. The fourth-order valence-electron chi connectivity index (χ4n) is 2.46. The van der Waals surface area contributed by atoms with Crippen LogP contribution in [0.3, 0.4) is 0 Å². The third-order valence-electron chi connectivity index (χ3n) is 3.56. The lowest BCUT2D eigenvalue weighted by atomic mass is 10.2. The van der Waals surface area contributed by atoms with Gasteiger partial charge in [-0.3, -0.25) is 10.00 Å². The van der Waals surface area contributed by atoms with Gasteiger partial charge in [0.1, 0.15) is 5.82 Å². The number of carbonyl (C=O) groups excluding carboxylic acids is 1. The van der Waals surface area contributed by atoms with Crippen LogP contribution in [0.4, 0.5) is 10.6 Å². The molecule has 1 aromatic carbocycles. The van der Waals surface area contributed by atoms with Gasteiger partial charge in [-0.25, -0.2) is 4.79 Å². The second-order valence-corrected chi connectivity index (χ2v) is 5.96. The number of urea groups is 1. The maximum atomic E-state index is 12.0. The van der Waals surface area contributed by atoms with E-state index in [1.165, 1.54) is 0 Å². The summed E-state index contributed by atoms with van der Waals surface area (Å²) in [7, 11) is 1.77. The number of ether oxygens (including phenoxy) is 2. The first-order valence-corrected chi connectivity index (χ1v) is 8.04. The van der Waals surface area contributed by atoms with E-state index in [9.17, 15) is 4.79 Å². The number of benzene rings is 1. The molecule has 0 fully saturated rings. The Balaban J connectivity index is 1.64. The summed E-state index contributed by atoms with van der Waals surface area (Å²) < 4.78 is 12.8. The Morgan fingerprint density at radius 1 is 1.33 bits per heavy atom. The first-order chi connectivity index (χ1) is 11.5. The first-order valence-electron chi connectivity index (χ1n) is 7.66. The Kier molecular flexibility index (Phi) is 4.80. The number of hydrogen-bond donors (Lipinski definition) is 2. The van der Waals surface area contributed by atoms with Crippen molar-refractivity contribution in [3.05, 3.63) is 34.5 Å². The lowest BCUT2D eigenvalue weighted by Gasteiger charge is -2.12. The van der Waals surface area contributed by atoms with E-state index in [0.717, 1.165) is 17.7 Å². The average molecular weight is 351 g/mol. The molecular formula is C16H19ClN4O3.